The Hall–Kier alpha value is -1.84. The normalized spacial score (nSPS) is 24.6. The van der Waals surface area contributed by atoms with Crippen LogP contribution in [0.15, 0.2) is 30.3 Å². The number of benzene rings is 1. The molecule has 1 saturated carbocycles. The minimum absolute atomic E-state index is 0.0420. The van der Waals surface area contributed by atoms with Crippen LogP contribution in [0.5, 0.6) is 0 Å². The molecule has 1 saturated heterocycles. The van der Waals surface area contributed by atoms with Gasteiger partial charge in [-0.3, -0.25) is 9.59 Å². The van der Waals surface area contributed by atoms with Crippen LogP contribution in [0.2, 0.25) is 0 Å². The van der Waals surface area contributed by atoms with E-state index in [1.807, 2.05) is 35.2 Å². The SMILES string of the molecule is O=C1NCC(=O)N(C2CCCC2)C1c1ccccc1. The van der Waals surface area contributed by atoms with Gasteiger partial charge < -0.3 is 10.2 Å². The van der Waals surface area contributed by atoms with Crippen molar-refractivity contribution in [1.29, 1.82) is 0 Å². The van der Waals surface area contributed by atoms with E-state index in [0.29, 0.717) is 0 Å². The number of nitrogens with zero attached hydrogens (tertiary/aromatic N) is 1. The van der Waals surface area contributed by atoms with Crippen LogP contribution in [-0.2, 0) is 9.59 Å². The number of piperazine rings is 1. The predicted molar refractivity (Wildman–Crippen MR) is 71.3 cm³/mol. The van der Waals surface area contributed by atoms with Gasteiger partial charge in [-0.25, -0.2) is 0 Å². The van der Waals surface area contributed by atoms with Gasteiger partial charge in [0, 0.05) is 6.04 Å². The van der Waals surface area contributed by atoms with Crippen molar-refractivity contribution in [2.75, 3.05) is 6.54 Å². The minimum Gasteiger partial charge on any atom is -0.345 e. The molecule has 0 bridgehead atoms. The first-order valence-electron chi connectivity index (χ1n) is 6.91. The summed E-state index contributed by atoms with van der Waals surface area (Å²) in [5.74, 6) is -0.0157. The Morgan fingerprint density at radius 3 is 2.42 bits per heavy atom. The topological polar surface area (TPSA) is 49.4 Å². The Labute approximate surface area is 112 Å². The third kappa shape index (κ3) is 2.23. The lowest BCUT2D eigenvalue weighted by Crippen LogP contribution is -2.56. The molecule has 2 fully saturated rings. The molecule has 4 heteroatoms. The highest BCUT2D eigenvalue weighted by Crippen LogP contribution is 2.32. The molecule has 1 aliphatic carbocycles. The smallest absolute Gasteiger partial charge is 0.247 e. The molecule has 100 valence electrons. The molecular weight excluding hydrogens is 240 g/mol. The van der Waals surface area contributed by atoms with Crippen LogP contribution in [0.4, 0.5) is 0 Å². The van der Waals surface area contributed by atoms with Gasteiger partial charge in [0.05, 0.1) is 6.54 Å². The van der Waals surface area contributed by atoms with Crippen molar-refractivity contribution >= 4 is 11.8 Å². The molecule has 2 aliphatic rings. The lowest BCUT2D eigenvalue weighted by atomic mass is 9.99. The number of nitrogens with one attached hydrogen (secondary N) is 1. The van der Waals surface area contributed by atoms with Crippen LogP contribution in [-0.4, -0.2) is 29.3 Å². The van der Waals surface area contributed by atoms with E-state index in [9.17, 15) is 9.59 Å². The van der Waals surface area contributed by atoms with E-state index < -0.39 is 6.04 Å². The van der Waals surface area contributed by atoms with E-state index in [4.69, 9.17) is 0 Å². The first-order valence-corrected chi connectivity index (χ1v) is 6.91. The fraction of sp³-hybridized carbons (Fsp3) is 0.467. The van der Waals surface area contributed by atoms with Gasteiger partial charge in [0.25, 0.3) is 0 Å². The molecule has 0 radical (unpaired) electrons. The molecule has 0 spiro atoms. The number of carbonyl (C=O) groups is 2. The van der Waals surface area contributed by atoms with Gasteiger partial charge in [0.15, 0.2) is 0 Å². The highest BCUT2D eigenvalue weighted by Gasteiger charge is 2.40. The van der Waals surface area contributed by atoms with Gasteiger partial charge in [-0.2, -0.15) is 0 Å². The fourth-order valence-electron chi connectivity index (χ4n) is 3.17. The lowest BCUT2D eigenvalue weighted by Gasteiger charge is -2.39. The zero-order valence-electron chi connectivity index (χ0n) is 10.8. The molecule has 1 aromatic carbocycles. The van der Waals surface area contributed by atoms with Crippen molar-refractivity contribution < 1.29 is 9.59 Å². The summed E-state index contributed by atoms with van der Waals surface area (Å²) in [7, 11) is 0. The van der Waals surface area contributed by atoms with E-state index in [1.54, 1.807) is 0 Å². The maximum absolute atomic E-state index is 12.2. The molecule has 1 N–H and O–H groups in total. The van der Waals surface area contributed by atoms with Crippen LogP contribution in [0.1, 0.15) is 37.3 Å². The molecular formula is C15H18N2O2. The summed E-state index contributed by atoms with van der Waals surface area (Å²) in [6.45, 7) is 0.138. The van der Waals surface area contributed by atoms with Crippen LogP contribution < -0.4 is 5.32 Å². The van der Waals surface area contributed by atoms with Crippen molar-refractivity contribution in [2.45, 2.75) is 37.8 Å². The van der Waals surface area contributed by atoms with Crippen molar-refractivity contribution in [3.63, 3.8) is 0 Å². The van der Waals surface area contributed by atoms with Crippen molar-refractivity contribution in [1.82, 2.24) is 10.2 Å². The highest BCUT2D eigenvalue weighted by atomic mass is 16.2. The standard InChI is InChI=1S/C15H18N2O2/c18-13-10-16-15(19)14(11-6-2-1-3-7-11)17(13)12-8-4-5-9-12/h1-3,6-7,12,14H,4-5,8-10H2,(H,16,19). The molecule has 1 heterocycles. The van der Waals surface area contributed by atoms with E-state index in [1.165, 1.54) is 0 Å². The zero-order chi connectivity index (χ0) is 13.2. The number of amides is 2. The molecule has 3 rings (SSSR count). The number of rotatable bonds is 2. The summed E-state index contributed by atoms with van der Waals surface area (Å²) < 4.78 is 0. The van der Waals surface area contributed by atoms with Gasteiger partial charge in [-0.05, 0) is 18.4 Å². The number of hydrogen-bond donors (Lipinski definition) is 1. The van der Waals surface area contributed by atoms with Crippen molar-refractivity contribution in [2.24, 2.45) is 0 Å². The van der Waals surface area contributed by atoms with Crippen molar-refractivity contribution in [3.8, 4) is 0 Å². The van der Waals surface area contributed by atoms with Crippen LogP contribution in [0, 0.1) is 0 Å². The summed E-state index contributed by atoms with van der Waals surface area (Å²) in [5.41, 5.74) is 0.903. The Morgan fingerprint density at radius 1 is 1.05 bits per heavy atom. The molecule has 1 atom stereocenters. The van der Waals surface area contributed by atoms with Gasteiger partial charge >= 0.3 is 0 Å². The van der Waals surface area contributed by atoms with Crippen molar-refractivity contribution in [3.05, 3.63) is 35.9 Å². The van der Waals surface area contributed by atoms with Gasteiger partial charge in [0.1, 0.15) is 6.04 Å². The van der Waals surface area contributed by atoms with Gasteiger partial charge in [-0.1, -0.05) is 43.2 Å². The molecule has 0 aromatic heterocycles. The highest BCUT2D eigenvalue weighted by molar-refractivity contribution is 5.95. The predicted octanol–water partition coefficient (Wildman–Crippen LogP) is 1.63. The maximum Gasteiger partial charge on any atom is 0.247 e. The van der Waals surface area contributed by atoms with Gasteiger partial charge in [-0.15, -0.1) is 0 Å². The fourth-order valence-corrected chi connectivity index (χ4v) is 3.17. The average Bonchev–Trinajstić information content (AvgIpc) is 2.96. The summed E-state index contributed by atoms with van der Waals surface area (Å²) in [4.78, 5) is 26.2. The molecule has 2 amide bonds. The largest absolute Gasteiger partial charge is 0.345 e. The minimum atomic E-state index is -0.453. The van der Waals surface area contributed by atoms with E-state index >= 15 is 0 Å². The summed E-state index contributed by atoms with van der Waals surface area (Å²) in [6, 6.07) is 9.36. The molecule has 1 unspecified atom stereocenters. The van der Waals surface area contributed by atoms with E-state index in [0.717, 1.165) is 31.2 Å². The number of carbonyl (C=O) groups excluding carboxylic acids is 2. The third-order valence-corrected chi connectivity index (χ3v) is 4.06. The summed E-state index contributed by atoms with van der Waals surface area (Å²) in [5, 5.41) is 2.70. The molecule has 1 aromatic rings. The Balaban J connectivity index is 1.95. The molecule has 1 aliphatic heterocycles. The Kier molecular flexibility index (Phi) is 3.23. The van der Waals surface area contributed by atoms with Crippen LogP contribution in [0.25, 0.3) is 0 Å². The second kappa shape index (κ2) is 5.03. The molecule has 19 heavy (non-hydrogen) atoms. The second-order valence-corrected chi connectivity index (χ2v) is 5.27. The zero-order valence-corrected chi connectivity index (χ0v) is 10.8. The van der Waals surface area contributed by atoms with Crippen LogP contribution in [0.3, 0.4) is 0 Å². The Bertz CT molecular complexity index is 480. The maximum atomic E-state index is 12.2. The average molecular weight is 258 g/mol. The van der Waals surface area contributed by atoms with Gasteiger partial charge in [0.2, 0.25) is 11.8 Å². The third-order valence-electron chi connectivity index (χ3n) is 4.06. The van der Waals surface area contributed by atoms with Crippen LogP contribution >= 0.6 is 0 Å². The van der Waals surface area contributed by atoms with E-state index in [-0.39, 0.29) is 24.4 Å². The number of hydrogen-bond acceptors (Lipinski definition) is 2. The lowest BCUT2D eigenvalue weighted by molar-refractivity contribution is -0.148. The summed E-state index contributed by atoms with van der Waals surface area (Å²) in [6.07, 6.45) is 4.33. The summed E-state index contributed by atoms with van der Waals surface area (Å²) >= 11 is 0. The quantitative estimate of drug-likeness (QED) is 0.876. The second-order valence-electron chi connectivity index (χ2n) is 5.27. The Morgan fingerprint density at radius 2 is 1.74 bits per heavy atom. The molecule has 4 nitrogen and oxygen atoms in total. The first-order chi connectivity index (χ1) is 9.27. The first kappa shape index (κ1) is 12.2. The van der Waals surface area contributed by atoms with E-state index in [2.05, 4.69) is 5.32 Å². The monoisotopic (exact) mass is 258 g/mol.